The van der Waals surface area contributed by atoms with Crippen molar-refractivity contribution in [3.8, 4) is 23.0 Å². The number of hydrogen-bond acceptors (Lipinski definition) is 10. The topological polar surface area (TPSA) is 133 Å². The van der Waals surface area contributed by atoms with Crippen LogP contribution in [0, 0.1) is 0 Å². The van der Waals surface area contributed by atoms with E-state index >= 15 is 0 Å². The Labute approximate surface area is 208 Å². The van der Waals surface area contributed by atoms with E-state index in [1.54, 1.807) is 59.4 Å². The highest BCUT2D eigenvalue weighted by Gasteiger charge is 2.31. The van der Waals surface area contributed by atoms with Crippen LogP contribution in [0.4, 0.5) is 5.82 Å². The zero-order valence-electron chi connectivity index (χ0n) is 20.1. The van der Waals surface area contributed by atoms with Crippen molar-refractivity contribution in [3.05, 3.63) is 61.2 Å². The summed E-state index contributed by atoms with van der Waals surface area (Å²) in [5.41, 5.74) is 6.94. The summed E-state index contributed by atoms with van der Waals surface area (Å²) in [4.78, 5) is 12.4. The van der Waals surface area contributed by atoms with Crippen molar-refractivity contribution < 1.29 is 27.8 Å². The molecule has 0 saturated carbocycles. The monoisotopic (exact) mass is 513 g/mol. The van der Waals surface area contributed by atoms with E-state index in [1.807, 2.05) is 13.8 Å². The van der Waals surface area contributed by atoms with Crippen LogP contribution in [0.2, 0.25) is 0 Å². The van der Waals surface area contributed by atoms with Gasteiger partial charge in [-0.1, -0.05) is 24.3 Å². The molecule has 4 aromatic rings. The first-order valence-electron chi connectivity index (χ1n) is 11.4. The number of hydrogen-bond donors (Lipinski definition) is 1. The van der Waals surface area contributed by atoms with Crippen LogP contribution >= 0.6 is 7.60 Å². The lowest BCUT2D eigenvalue weighted by Gasteiger charge is -2.22. The van der Waals surface area contributed by atoms with Gasteiger partial charge in [-0.2, -0.15) is 0 Å². The molecule has 0 atom stereocenters. The third kappa shape index (κ3) is 6.05. The fraction of sp³-hybridized carbons (Fsp3) is 0.292. The Morgan fingerprint density at radius 1 is 0.861 bits per heavy atom. The molecular weight excluding hydrogens is 485 g/mol. The van der Waals surface area contributed by atoms with Crippen LogP contribution in [0.25, 0.3) is 11.2 Å². The average molecular weight is 513 g/mol. The highest BCUT2D eigenvalue weighted by atomic mass is 31.2. The molecule has 11 nitrogen and oxygen atoms in total. The van der Waals surface area contributed by atoms with Gasteiger partial charge in [-0.3, -0.25) is 0 Å². The largest absolute Gasteiger partial charge is 0.490 e. The Balaban J connectivity index is 1.51. The van der Waals surface area contributed by atoms with E-state index in [-0.39, 0.29) is 24.5 Å². The number of para-hydroxylation sites is 4. The van der Waals surface area contributed by atoms with Crippen LogP contribution in [0.15, 0.2) is 61.2 Å². The molecule has 190 valence electrons. The Hall–Kier alpha value is -3.82. The molecule has 0 unspecified atom stereocenters. The van der Waals surface area contributed by atoms with Gasteiger partial charge in [0.25, 0.3) is 0 Å². The van der Waals surface area contributed by atoms with Crippen molar-refractivity contribution in [1.29, 1.82) is 0 Å². The van der Waals surface area contributed by atoms with Crippen molar-refractivity contribution >= 4 is 24.6 Å². The SMILES string of the molecule is CCOc1ccccc1OP(=O)(COCCn1cnc2c(N)ncnc21)Oc1ccccc1OCC. The number of nitrogen functional groups attached to an aromatic ring is 1. The molecule has 0 saturated heterocycles. The van der Waals surface area contributed by atoms with Crippen molar-refractivity contribution in [2.45, 2.75) is 20.4 Å². The molecule has 0 aliphatic heterocycles. The maximum atomic E-state index is 13.9. The summed E-state index contributed by atoms with van der Waals surface area (Å²) in [6.45, 7) is 5.12. The van der Waals surface area contributed by atoms with E-state index in [0.717, 1.165) is 0 Å². The van der Waals surface area contributed by atoms with Crippen LogP contribution < -0.4 is 24.3 Å². The number of nitrogens with zero attached hydrogens (tertiary/aromatic N) is 4. The van der Waals surface area contributed by atoms with Crippen LogP contribution in [0.1, 0.15) is 13.8 Å². The molecule has 12 heteroatoms. The molecule has 2 N–H and O–H groups in total. The van der Waals surface area contributed by atoms with Crippen molar-refractivity contribution in [1.82, 2.24) is 19.5 Å². The van der Waals surface area contributed by atoms with Gasteiger partial charge in [-0.25, -0.2) is 19.5 Å². The Morgan fingerprint density at radius 2 is 1.44 bits per heavy atom. The molecule has 0 radical (unpaired) electrons. The second kappa shape index (κ2) is 11.7. The van der Waals surface area contributed by atoms with Gasteiger partial charge in [0.2, 0.25) is 0 Å². The van der Waals surface area contributed by atoms with Gasteiger partial charge in [0.05, 0.1) is 26.1 Å². The first-order chi connectivity index (χ1) is 17.5. The fourth-order valence-electron chi connectivity index (χ4n) is 3.37. The first kappa shape index (κ1) is 25.3. The van der Waals surface area contributed by atoms with Crippen molar-refractivity contribution in [2.75, 3.05) is 31.9 Å². The summed E-state index contributed by atoms with van der Waals surface area (Å²) >= 11 is 0. The van der Waals surface area contributed by atoms with Gasteiger partial charge in [0, 0.05) is 6.54 Å². The molecule has 0 amide bonds. The van der Waals surface area contributed by atoms with Gasteiger partial charge in [-0.05, 0) is 38.1 Å². The highest BCUT2D eigenvalue weighted by molar-refractivity contribution is 7.54. The molecule has 0 fully saturated rings. The quantitative estimate of drug-likeness (QED) is 0.201. The number of rotatable bonds is 13. The Kier molecular flexibility index (Phi) is 8.24. The predicted molar refractivity (Wildman–Crippen MR) is 135 cm³/mol. The van der Waals surface area contributed by atoms with Crippen LogP contribution in [-0.2, 0) is 15.8 Å². The molecule has 2 heterocycles. The second-order valence-corrected chi connectivity index (χ2v) is 9.30. The van der Waals surface area contributed by atoms with Crippen LogP contribution in [0.5, 0.6) is 23.0 Å². The molecule has 0 aliphatic carbocycles. The lowest BCUT2D eigenvalue weighted by atomic mass is 10.3. The first-order valence-corrected chi connectivity index (χ1v) is 13.2. The number of imidazole rings is 1. The summed E-state index contributed by atoms with van der Waals surface area (Å²) < 4.78 is 44.6. The number of anilines is 1. The number of fused-ring (bicyclic) bond motifs is 1. The molecule has 4 rings (SSSR count). The molecule has 0 bridgehead atoms. The molecule has 0 aliphatic rings. The predicted octanol–water partition coefficient (Wildman–Crippen LogP) is 4.53. The lowest BCUT2D eigenvalue weighted by Crippen LogP contribution is -2.12. The van der Waals surface area contributed by atoms with Gasteiger partial charge < -0.3 is 33.6 Å². The Bertz CT molecular complexity index is 1290. The maximum Gasteiger partial charge on any atom is 0.456 e. The van der Waals surface area contributed by atoms with Gasteiger partial charge in [0.15, 0.2) is 40.8 Å². The van der Waals surface area contributed by atoms with E-state index < -0.39 is 7.60 Å². The molecule has 36 heavy (non-hydrogen) atoms. The summed E-state index contributed by atoms with van der Waals surface area (Å²) in [6, 6.07) is 13.9. The van der Waals surface area contributed by atoms with Crippen molar-refractivity contribution in [3.63, 3.8) is 0 Å². The smallest absolute Gasteiger partial charge is 0.456 e. The number of nitrogens with two attached hydrogens (primary N) is 1. The summed E-state index contributed by atoms with van der Waals surface area (Å²) in [7, 11) is -3.88. The summed E-state index contributed by atoms with van der Waals surface area (Å²) in [5.74, 6) is 1.76. The van der Waals surface area contributed by atoms with E-state index in [0.29, 0.717) is 48.2 Å². The zero-order valence-corrected chi connectivity index (χ0v) is 21.0. The maximum absolute atomic E-state index is 13.9. The average Bonchev–Trinajstić information content (AvgIpc) is 3.29. The van der Waals surface area contributed by atoms with E-state index in [1.165, 1.54) is 6.33 Å². The number of benzene rings is 2. The van der Waals surface area contributed by atoms with E-state index in [2.05, 4.69) is 15.0 Å². The van der Waals surface area contributed by atoms with Gasteiger partial charge in [0.1, 0.15) is 11.8 Å². The minimum Gasteiger partial charge on any atom is -0.490 e. The highest BCUT2D eigenvalue weighted by Crippen LogP contribution is 2.52. The van der Waals surface area contributed by atoms with E-state index in [4.69, 9.17) is 29.0 Å². The second-order valence-electron chi connectivity index (χ2n) is 7.46. The number of aromatic nitrogens is 4. The molecule has 2 aromatic heterocycles. The standard InChI is InChI=1S/C24H28N5O6P/c1-3-32-18-9-5-7-11-20(18)34-36(30,35-21-12-8-6-10-19(21)33-4-2)17-31-14-13-29-16-28-22-23(25)26-15-27-24(22)29/h5-12,15-16H,3-4,13-14,17H2,1-2H3,(H2,25,26,27). The number of ether oxygens (including phenoxy) is 3. The van der Waals surface area contributed by atoms with Crippen LogP contribution in [0.3, 0.4) is 0 Å². The van der Waals surface area contributed by atoms with Crippen LogP contribution in [-0.4, -0.2) is 45.7 Å². The van der Waals surface area contributed by atoms with Crippen molar-refractivity contribution in [2.24, 2.45) is 0 Å². The molecular formula is C24H28N5O6P. The minimum absolute atomic E-state index is 0.187. The summed E-state index contributed by atoms with van der Waals surface area (Å²) in [6.07, 6.45) is 2.65. The molecule has 2 aromatic carbocycles. The lowest BCUT2D eigenvalue weighted by molar-refractivity contribution is 0.151. The van der Waals surface area contributed by atoms with Gasteiger partial charge >= 0.3 is 7.60 Å². The zero-order chi connectivity index (χ0) is 25.4. The fourth-order valence-corrected chi connectivity index (χ4v) is 4.77. The third-order valence-corrected chi connectivity index (χ3v) is 6.38. The Morgan fingerprint density at radius 3 is 2.03 bits per heavy atom. The third-order valence-electron chi connectivity index (χ3n) is 4.93. The van der Waals surface area contributed by atoms with Gasteiger partial charge in [-0.15, -0.1) is 0 Å². The van der Waals surface area contributed by atoms with E-state index in [9.17, 15) is 4.57 Å². The minimum atomic E-state index is -3.88. The molecule has 0 spiro atoms. The summed E-state index contributed by atoms with van der Waals surface area (Å²) in [5, 5.41) is 0. The normalized spacial score (nSPS) is 11.4.